The van der Waals surface area contributed by atoms with Gasteiger partial charge >= 0.3 is 0 Å². The molecule has 94 valence electrons. The molecule has 3 heterocycles. The molecule has 0 unspecified atom stereocenters. The van der Waals surface area contributed by atoms with Gasteiger partial charge in [0.1, 0.15) is 11.6 Å². The Balaban J connectivity index is 1.79. The van der Waals surface area contributed by atoms with E-state index in [1.165, 1.54) is 12.7 Å². The number of nitriles is 1. The van der Waals surface area contributed by atoms with E-state index in [1.54, 1.807) is 6.07 Å². The number of furan rings is 1. The first-order valence-corrected chi connectivity index (χ1v) is 6.25. The molecule has 1 amide bonds. The largest absolute Gasteiger partial charge is 0.458 e. The number of likely N-dealkylation sites (tertiary alicyclic amines) is 1. The summed E-state index contributed by atoms with van der Waals surface area (Å²) in [4.78, 5) is 14.2. The zero-order chi connectivity index (χ0) is 12.5. The molecule has 0 aromatic carbocycles. The van der Waals surface area contributed by atoms with Crippen LogP contribution in [0.25, 0.3) is 0 Å². The average molecular weight is 245 g/mol. The van der Waals surface area contributed by atoms with E-state index in [-0.39, 0.29) is 11.7 Å². The number of carbonyl (C=O) groups excluding carboxylic acids is 1. The van der Waals surface area contributed by atoms with Crippen molar-refractivity contribution in [2.24, 2.45) is 11.8 Å². The minimum absolute atomic E-state index is 0.145. The lowest BCUT2D eigenvalue weighted by Gasteiger charge is -2.41. The molecule has 0 radical (unpaired) electrons. The third-order valence-corrected chi connectivity index (χ3v) is 3.76. The Bertz CT molecular complexity index is 491. The molecule has 2 aliphatic heterocycles. The lowest BCUT2D eigenvalue weighted by atomic mass is 9.86. The van der Waals surface area contributed by atoms with E-state index in [0.29, 0.717) is 17.4 Å². The van der Waals surface area contributed by atoms with Crippen molar-refractivity contribution in [3.8, 4) is 6.07 Å². The van der Waals surface area contributed by atoms with Crippen molar-refractivity contribution >= 4 is 5.91 Å². The number of hydrogen-bond acceptors (Lipinski definition) is 4. The SMILES string of the molecule is N#Cc1ccoc1C(=O)N1C[C@@H]2CNC[C@@H](C2)C1. The van der Waals surface area contributed by atoms with E-state index < -0.39 is 0 Å². The molecule has 2 aliphatic rings. The van der Waals surface area contributed by atoms with Crippen LogP contribution in [0.3, 0.4) is 0 Å². The molecule has 1 aromatic rings. The van der Waals surface area contributed by atoms with Crippen LogP contribution in [0.1, 0.15) is 22.5 Å². The summed E-state index contributed by atoms with van der Waals surface area (Å²) in [5, 5.41) is 12.3. The van der Waals surface area contributed by atoms with Gasteiger partial charge in [0, 0.05) is 13.1 Å². The normalized spacial score (nSPS) is 26.7. The second-order valence-electron chi connectivity index (χ2n) is 5.11. The van der Waals surface area contributed by atoms with Crippen LogP contribution >= 0.6 is 0 Å². The molecule has 5 nitrogen and oxygen atoms in total. The Morgan fingerprint density at radius 1 is 1.44 bits per heavy atom. The molecule has 0 aliphatic carbocycles. The summed E-state index contributed by atoms with van der Waals surface area (Å²) in [5.41, 5.74) is 0.328. The number of nitrogens with zero attached hydrogens (tertiary/aromatic N) is 2. The Morgan fingerprint density at radius 3 is 2.83 bits per heavy atom. The second kappa shape index (κ2) is 4.46. The number of hydrogen-bond donors (Lipinski definition) is 1. The molecular weight excluding hydrogens is 230 g/mol. The van der Waals surface area contributed by atoms with Crippen molar-refractivity contribution in [1.29, 1.82) is 5.26 Å². The quantitative estimate of drug-likeness (QED) is 0.795. The number of rotatable bonds is 1. The van der Waals surface area contributed by atoms with Gasteiger partial charge in [0.25, 0.3) is 5.91 Å². The van der Waals surface area contributed by atoms with Gasteiger partial charge in [-0.05, 0) is 37.4 Å². The van der Waals surface area contributed by atoms with Crippen LogP contribution < -0.4 is 5.32 Å². The fourth-order valence-corrected chi connectivity index (χ4v) is 2.98. The van der Waals surface area contributed by atoms with Crippen LogP contribution in [0.2, 0.25) is 0 Å². The Labute approximate surface area is 105 Å². The van der Waals surface area contributed by atoms with E-state index in [4.69, 9.17) is 9.68 Å². The van der Waals surface area contributed by atoms with E-state index in [0.717, 1.165) is 26.2 Å². The zero-order valence-electron chi connectivity index (χ0n) is 10.1. The van der Waals surface area contributed by atoms with Crippen LogP contribution in [0.4, 0.5) is 0 Å². The molecule has 0 saturated carbocycles. The summed E-state index contributed by atoms with van der Waals surface area (Å²) in [6.07, 6.45) is 2.60. The molecule has 18 heavy (non-hydrogen) atoms. The molecule has 1 N–H and O–H groups in total. The minimum atomic E-state index is -0.145. The third kappa shape index (κ3) is 1.89. The highest BCUT2D eigenvalue weighted by Crippen LogP contribution is 2.26. The molecular formula is C13H15N3O2. The van der Waals surface area contributed by atoms with Gasteiger partial charge in [-0.1, -0.05) is 0 Å². The molecule has 1 aromatic heterocycles. The molecule has 5 heteroatoms. The predicted molar refractivity (Wildman–Crippen MR) is 63.8 cm³/mol. The molecule has 3 rings (SSSR count). The van der Waals surface area contributed by atoms with Gasteiger partial charge in [-0.2, -0.15) is 5.26 Å². The van der Waals surface area contributed by atoms with Crippen molar-refractivity contribution < 1.29 is 9.21 Å². The third-order valence-electron chi connectivity index (χ3n) is 3.76. The van der Waals surface area contributed by atoms with Crippen molar-refractivity contribution in [3.63, 3.8) is 0 Å². The van der Waals surface area contributed by atoms with E-state index in [9.17, 15) is 4.79 Å². The van der Waals surface area contributed by atoms with Crippen molar-refractivity contribution in [3.05, 3.63) is 23.7 Å². The number of carbonyl (C=O) groups is 1. The fourth-order valence-electron chi connectivity index (χ4n) is 2.98. The van der Waals surface area contributed by atoms with Gasteiger partial charge in [0.2, 0.25) is 5.76 Å². The lowest BCUT2D eigenvalue weighted by Crippen LogP contribution is -2.52. The predicted octanol–water partition coefficient (Wildman–Crippen LogP) is 0.833. The topological polar surface area (TPSA) is 69.3 Å². The maximum Gasteiger partial charge on any atom is 0.290 e. The van der Waals surface area contributed by atoms with Crippen LogP contribution in [-0.4, -0.2) is 37.0 Å². The van der Waals surface area contributed by atoms with Gasteiger partial charge < -0.3 is 14.6 Å². The summed E-state index contributed by atoms with van der Waals surface area (Å²) in [6.45, 7) is 3.47. The highest BCUT2D eigenvalue weighted by molar-refractivity contribution is 5.93. The number of amides is 1. The Morgan fingerprint density at radius 2 is 2.17 bits per heavy atom. The summed E-state index contributed by atoms with van der Waals surface area (Å²) in [6, 6.07) is 3.53. The highest BCUT2D eigenvalue weighted by Gasteiger charge is 2.34. The average Bonchev–Trinajstić information content (AvgIpc) is 2.85. The summed E-state index contributed by atoms with van der Waals surface area (Å²) in [7, 11) is 0. The van der Waals surface area contributed by atoms with Gasteiger partial charge in [-0.25, -0.2) is 0 Å². The van der Waals surface area contributed by atoms with Gasteiger partial charge in [0.05, 0.1) is 6.26 Å². The van der Waals surface area contributed by atoms with Crippen molar-refractivity contribution in [2.75, 3.05) is 26.2 Å². The maximum atomic E-state index is 12.3. The van der Waals surface area contributed by atoms with E-state index in [1.807, 2.05) is 11.0 Å². The van der Waals surface area contributed by atoms with E-state index in [2.05, 4.69) is 5.32 Å². The lowest BCUT2D eigenvalue weighted by molar-refractivity contribution is 0.0507. The van der Waals surface area contributed by atoms with Gasteiger partial charge in [0.15, 0.2) is 0 Å². The Hall–Kier alpha value is -1.80. The molecule has 2 atom stereocenters. The van der Waals surface area contributed by atoms with Crippen LogP contribution in [0.5, 0.6) is 0 Å². The standard InChI is InChI=1S/C13H15N3O2/c14-4-11-1-2-18-12(11)13(17)16-7-9-3-10(8-16)6-15-5-9/h1-2,9-10,15H,3,5-8H2/t9-,10+. The highest BCUT2D eigenvalue weighted by atomic mass is 16.3. The number of piperidine rings is 2. The summed E-state index contributed by atoms with van der Waals surface area (Å²) < 4.78 is 5.16. The molecule has 2 fully saturated rings. The smallest absolute Gasteiger partial charge is 0.290 e. The molecule has 2 saturated heterocycles. The van der Waals surface area contributed by atoms with Crippen LogP contribution in [0, 0.1) is 23.2 Å². The zero-order valence-corrected chi connectivity index (χ0v) is 10.1. The summed E-state index contributed by atoms with van der Waals surface area (Å²) in [5.74, 6) is 1.10. The first-order valence-electron chi connectivity index (χ1n) is 6.25. The number of nitrogens with one attached hydrogen (secondary N) is 1. The molecule has 0 spiro atoms. The minimum Gasteiger partial charge on any atom is -0.458 e. The van der Waals surface area contributed by atoms with Gasteiger partial charge in [-0.15, -0.1) is 0 Å². The fraction of sp³-hybridized carbons (Fsp3) is 0.538. The Kier molecular flexibility index (Phi) is 2.80. The molecule has 2 bridgehead atoms. The van der Waals surface area contributed by atoms with Gasteiger partial charge in [-0.3, -0.25) is 4.79 Å². The monoisotopic (exact) mass is 245 g/mol. The summed E-state index contributed by atoms with van der Waals surface area (Å²) >= 11 is 0. The van der Waals surface area contributed by atoms with Crippen molar-refractivity contribution in [1.82, 2.24) is 10.2 Å². The van der Waals surface area contributed by atoms with Crippen molar-refractivity contribution in [2.45, 2.75) is 6.42 Å². The first kappa shape index (κ1) is 11.3. The number of fused-ring (bicyclic) bond motifs is 2. The van der Waals surface area contributed by atoms with E-state index >= 15 is 0 Å². The van der Waals surface area contributed by atoms with Crippen LogP contribution in [0.15, 0.2) is 16.7 Å². The van der Waals surface area contributed by atoms with Crippen LogP contribution in [-0.2, 0) is 0 Å². The first-order chi connectivity index (χ1) is 8.78. The second-order valence-corrected chi connectivity index (χ2v) is 5.11. The maximum absolute atomic E-state index is 12.3.